The summed E-state index contributed by atoms with van der Waals surface area (Å²) in [6.07, 6.45) is 1.04. The van der Waals surface area contributed by atoms with E-state index in [-0.39, 0.29) is 6.04 Å². The molecule has 2 rings (SSSR count). The summed E-state index contributed by atoms with van der Waals surface area (Å²) in [6, 6.07) is 12.2. The zero-order valence-electron chi connectivity index (χ0n) is 10.2. The molecule has 17 heavy (non-hydrogen) atoms. The van der Waals surface area contributed by atoms with Gasteiger partial charge in [-0.3, -0.25) is 5.84 Å². The van der Waals surface area contributed by atoms with Gasteiger partial charge in [-0.25, -0.2) is 5.43 Å². The van der Waals surface area contributed by atoms with Crippen LogP contribution in [0.4, 0.5) is 0 Å². The summed E-state index contributed by atoms with van der Waals surface area (Å²) in [7, 11) is 0. The van der Waals surface area contributed by atoms with Crippen molar-refractivity contribution in [2.24, 2.45) is 5.84 Å². The van der Waals surface area contributed by atoms with Crippen molar-refractivity contribution >= 4 is 0 Å². The van der Waals surface area contributed by atoms with Crippen LogP contribution in [0.5, 0.6) is 0 Å². The van der Waals surface area contributed by atoms with E-state index in [2.05, 4.69) is 36.6 Å². The lowest BCUT2D eigenvalue weighted by Crippen LogP contribution is -2.28. The highest BCUT2D eigenvalue weighted by Crippen LogP contribution is 2.23. The Balaban J connectivity index is 2.28. The third-order valence-corrected chi connectivity index (χ3v) is 2.93. The molecule has 1 heterocycles. The first-order chi connectivity index (χ1) is 8.24. The van der Waals surface area contributed by atoms with E-state index >= 15 is 0 Å². The number of nitrogens with one attached hydrogen (secondary N) is 1. The summed E-state index contributed by atoms with van der Waals surface area (Å²) in [5.41, 5.74) is 5.22. The molecule has 1 atom stereocenters. The Kier molecular flexibility index (Phi) is 3.61. The molecule has 0 saturated heterocycles. The van der Waals surface area contributed by atoms with Gasteiger partial charge in [0.05, 0.1) is 0 Å². The molecule has 0 radical (unpaired) electrons. The molecule has 3 heteroatoms. The highest BCUT2D eigenvalue weighted by Gasteiger charge is 2.15. The van der Waals surface area contributed by atoms with Crippen molar-refractivity contribution in [2.75, 3.05) is 0 Å². The molecule has 1 aromatic carbocycles. The molecule has 0 spiro atoms. The number of hydrogen-bond donors (Lipinski definition) is 2. The Labute approximate surface area is 102 Å². The van der Waals surface area contributed by atoms with Gasteiger partial charge < -0.3 is 4.42 Å². The quantitative estimate of drug-likeness (QED) is 0.627. The summed E-state index contributed by atoms with van der Waals surface area (Å²) in [5.74, 6) is 7.34. The second-order valence-electron chi connectivity index (χ2n) is 4.14. The van der Waals surface area contributed by atoms with Gasteiger partial charge in [0, 0.05) is 0 Å². The SMILES string of the molecule is CCc1ccc(C(NN)c2ccc(C)o2)cc1. The molecule has 1 unspecified atom stereocenters. The number of benzene rings is 1. The molecule has 0 aliphatic heterocycles. The van der Waals surface area contributed by atoms with Gasteiger partial charge in [-0.05, 0) is 36.6 Å². The van der Waals surface area contributed by atoms with Crippen LogP contribution in [0.25, 0.3) is 0 Å². The molecule has 0 amide bonds. The first-order valence-electron chi connectivity index (χ1n) is 5.86. The van der Waals surface area contributed by atoms with Crippen LogP contribution in [0, 0.1) is 6.92 Å². The molecule has 1 aromatic heterocycles. The Hall–Kier alpha value is -1.58. The van der Waals surface area contributed by atoms with E-state index in [1.54, 1.807) is 0 Å². The Morgan fingerprint density at radius 1 is 1.18 bits per heavy atom. The first-order valence-corrected chi connectivity index (χ1v) is 5.86. The van der Waals surface area contributed by atoms with Crippen LogP contribution in [0.3, 0.4) is 0 Å². The lowest BCUT2D eigenvalue weighted by molar-refractivity contribution is 0.435. The molecule has 3 N–H and O–H groups in total. The number of nitrogens with two attached hydrogens (primary N) is 1. The number of hydrogen-bond acceptors (Lipinski definition) is 3. The fourth-order valence-electron chi connectivity index (χ4n) is 1.90. The van der Waals surface area contributed by atoms with Gasteiger partial charge in [0.25, 0.3) is 0 Å². The van der Waals surface area contributed by atoms with E-state index in [0.29, 0.717) is 0 Å². The second kappa shape index (κ2) is 5.17. The average Bonchev–Trinajstić information content (AvgIpc) is 2.78. The van der Waals surface area contributed by atoms with Crippen LogP contribution >= 0.6 is 0 Å². The van der Waals surface area contributed by atoms with Crippen LogP contribution in [-0.4, -0.2) is 0 Å². The minimum atomic E-state index is -0.0883. The fraction of sp³-hybridized carbons (Fsp3) is 0.286. The molecule has 0 saturated carbocycles. The van der Waals surface area contributed by atoms with Crippen LogP contribution < -0.4 is 11.3 Å². The van der Waals surface area contributed by atoms with Crippen molar-refractivity contribution in [3.8, 4) is 0 Å². The van der Waals surface area contributed by atoms with Crippen LogP contribution in [0.2, 0.25) is 0 Å². The van der Waals surface area contributed by atoms with Crippen molar-refractivity contribution in [2.45, 2.75) is 26.3 Å². The first kappa shape index (κ1) is 11.9. The van der Waals surface area contributed by atoms with Gasteiger partial charge >= 0.3 is 0 Å². The smallest absolute Gasteiger partial charge is 0.126 e. The summed E-state index contributed by atoms with van der Waals surface area (Å²) < 4.78 is 5.61. The average molecular weight is 230 g/mol. The van der Waals surface area contributed by atoms with Crippen LogP contribution in [0.1, 0.15) is 35.6 Å². The Morgan fingerprint density at radius 3 is 2.35 bits per heavy atom. The molecule has 2 aromatic rings. The molecule has 0 aliphatic carbocycles. The van der Waals surface area contributed by atoms with E-state index < -0.39 is 0 Å². The highest BCUT2D eigenvalue weighted by molar-refractivity contribution is 5.30. The predicted molar refractivity (Wildman–Crippen MR) is 68.4 cm³/mol. The Morgan fingerprint density at radius 2 is 1.88 bits per heavy atom. The molecular formula is C14H18N2O. The lowest BCUT2D eigenvalue weighted by Gasteiger charge is -2.14. The molecule has 0 aliphatic rings. The molecule has 0 fully saturated rings. The van der Waals surface area contributed by atoms with E-state index in [0.717, 1.165) is 23.5 Å². The predicted octanol–water partition coefficient (Wildman–Crippen LogP) is 2.70. The number of furan rings is 1. The standard InChI is InChI=1S/C14H18N2O/c1-3-11-5-7-12(8-6-11)14(16-15)13-9-4-10(2)17-13/h4-9,14,16H,3,15H2,1-2H3. The lowest BCUT2D eigenvalue weighted by atomic mass is 10.0. The summed E-state index contributed by atoms with van der Waals surface area (Å²) in [6.45, 7) is 4.07. The maximum Gasteiger partial charge on any atom is 0.126 e. The van der Waals surface area contributed by atoms with Gasteiger partial charge in [-0.1, -0.05) is 31.2 Å². The van der Waals surface area contributed by atoms with Crippen molar-refractivity contribution < 1.29 is 4.42 Å². The summed E-state index contributed by atoms with van der Waals surface area (Å²) in [4.78, 5) is 0. The molecule has 90 valence electrons. The highest BCUT2D eigenvalue weighted by atomic mass is 16.3. The van der Waals surface area contributed by atoms with Crippen molar-refractivity contribution in [3.05, 3.63) is 59.0 Å². The minimum Gasteiger partial charge on any atom is -0.464 e. The maximum atomic E-state index is 5.61. The Bertz CT molecular complexity index is 473. The van der Waals surface area contributed by atoms with Gasteiger partial charge in [0.1, 0.15) is 17.6 Å². The van der Waals surface area contributed by atoms with Crippen LogP contribution in [0.15, 0.2) is 40.8 Å². The topological polar surface area (TPSA) is 51.2 Å². The second-order valence-corrected chi connectivity index (χ2v) is 4.14. The number of aryl methyl sites for hydroxylation is 2. The van der Waals surface area contributed by atoms with Gasteiger partial charge in [0.15, 0.2) is 0 Å². The van der Waals surface area contributed by atoms with Crippen molar-refractivity contribution in [3.63, 3.8) is 0 Å². The number of hydrazine groups is 1. The van der Waals surface area contributed by atoms with Crippen LogP contribution in [-0.2, 0) is 6.42 Å². The summed E-state index contributed by atoms with van der Waals surface area (Å²) >= 11 is 0. The van der Waals surface area contributed by atoms with Gasteiger partial charge in [-0.2, -0.15) is 0 Å². The zero-order valence-corrected chi connectivity index (χ0v) is 10.2. The maximum absolute atomic E-state index is 5.61. The van der Waals surface area contributed by atoms with E-state index in [4.69, 9.17) is 10.3 Å². The van der Waals surface area contributed by atoms with E-state index in [1.807, 2.05) is 19.1 Å². The third kappa shape index (κ3) is 2.57. The summed E-state index contributed by atoms with van der Waals surface area (Å²) in [5, 5.41) is 0. The third-order valence-electron chi connectivity index (χ3n) is 2.93. The van der Waals surface area contributed by atoms with Crippen molar-refractivity contribution in [1.82, 2.24) is 5.43 Å². The monoisotopic (exact) mass is 230 g/mol. The van der Waals surface area contributed by atoms with Gasteiger partial charge in [-0.15, -0.1) is 0 Å². The molecule has 0 bridgehead atoms. The van der Waals surface area contributed by atoms with Crippen molar-refractivity contribution in [1.29, 1.82) is 0 Å². The van der Waals surface area contributed by atoms with Gasteiger partial charge in [0.2, 0.25) is 0 Å². The molecular weight excluding hydrogens is 212 g/mol. The normalized spacial score (nSPS) is 12.6. The largest absolute Gasteiger partial charge is 0.464 e. The van der Waals surface area contributed by atoms with E-state index in [9.17, 15) is 0 Å². The zero-order chi connectivity index (χ0) is 12.3. The molecule has 3 nitrogen and oxygen atoms in total. The number of rotatable bonds is 4. The minimum absolute atomic E-state index is 0.0883. The fourth-order valence-corrected chi connectivity index (χ4v) is 1.90. The van der Waals surface area contributed by atoms with E-state index in [1.165, 1.54) is 5.56 Å².